The van der Waals surface area contributed by atoms with Crippen molar-refractivity contribution in [1.29, 1.82) is 0 Å². The molecule has 2 aromatic carbocycles. The van der Waals surface area contributed by atoms with Crippen LogP contribution in [0.2, 0.25) is 5.02 Å². The summed E-state index contributed by atoms with van der Waals surface area (Å²) >= 11 is 5.85. The van der Waals surface area contributed by atoms with Crippen molar-refractivity contribution in [2.24, 2.45) is 5.73 Å². The number of ether oxygens (including phenoxy) is 1. The lowest BCUT2D eigenvalue weighted by Crippen LogP contribution is -2.39. The fourth-order valence-corrected chi connectivity index (χ4v) is 3.64. The number of carbonyl (C=O) groups excluding carboxylic acids is 2. The number of aromatic nitrogens is 3. The van der Waals surface area contributed by atoms with Crippen molar-refractivity contribution in [2.45, 2.75) is 37.8 Å². The molecule has 0 aliphatic heterocycles. The van der Waals surface area contributed by atoms with Crippen LogP contribution >= 0.6 is 11.6 Å². The van der Waals surface area contributed by atoms with E-state index < -0.39 is 54.9 Å². The van der Waals surface area contributed by atoms with Gasteiger partial charge in [-0.3, -0.25) is 9.36 Å². The Morgan fingerprint density at radius 1 is 1.16 bits per heavy atom. The minimum Gasteiger partial charge on any atom is -0.450 e. The molecule has 0 saturated heterocycles. The highest BCUT2D eigenvalue weighted by Crippen LogP contribution is 2.24. The van der Waals surface area contributed by atoms with Gasteiger partial charge in [0.2, 0.25) is 5.91 Å². The Hall–Kier alpha value is -3.91. The molecule has 3 aromatic rings. The van der Waals surface area contributed by atoms with Gasteiger partial charge in [-0.2, -0.15) is 13.2 Å². The van der Waals surface area contributed by atoms with E-state index in [1.165, 1.54) is 42.5 Å². The van der Waals surface area contributed by atoms with Gasteiger partial charge in [-0.15, -0.1) is 5.10 Å². The second-order valence-electron chi connectivity index (χ2n) is 8.04. The fourth-order valence-electron chi connectivity index (χ4n) is 3.51. The number of aliphatic hydroxyl groups excluding tert-OH is 1. The summed E-state index contributed by atoms with van der Waals surface area (Å²) < 4.78 is 59.3. The largest absolute Gasteiger partial charge is 0.450 e. The molecular weight excluding hydrogens is 538 g/mol. The van der Waals surface area contributed by atoms with E-state index in [1.54, 1.807) is 0 Å². The number of nitrogens with two attached hydrogens (primary N) is 1. The molecule has 0 spiro atoms. The Balaban J connectivity index is 1.90. The lowest BCUT2D eigenvalue weighted by atomic mass is 10.0. The smallest absolute Gasteiger partial charge is 0.416 e. The minimum atomic E-state index is -5.02. The number of rotatable bonds is 10. The summed E-state index contributed by atoms with van der Waals surface area (Å²) in [4.78, 5) is 36.6. The van der Waals surface area contributed by atoms with Crippen LogP contribution in [-0.4, -0.2) is 50.3 Å². The van der Waals surface area contributed by atoms with Gasteiger partial charge in [-0.05, 0) is 30.3 Å². The van der Waals surface area contributed by atoms with Crippen LogP contribution in [0.3, 0.4) is 0 Å². The fraction of sp³-hybridized carbons (Fsp3) is 0.304. The number of nitrogens with zero attached hydrogens (tertiary/aromatic N) is 3. The molecule has 2 amide bonds. The quantitative estimate of drug-likeness (QED) is 0.326. The number of alkyl halides is 3. The van der Waals surface area contributed by atoms with Crippen LogP contribution in [-0.2, 0) is 22.6 Å². The van der Waals surface area contributed by atoms with Crippen molar-refractivity contribution >= 4 is 23.6 Å². The molecule has 15 heteroatoms. The van der Waals surface area contributed by atoms with Crippen molar-refractivity contribution in [3.05, 3.63) is 75.4 Å². The molecule has 0 saturated carbocycles. The van der Waals surface area contributed by atoms with Gasteiger partial charge in [-0.25, -0.2) is 18.7 Å². The first-order valence-corrected chi connectivity index (χ1v) is 11.4. The predicted octanol–water partition coefficient (Wildman–Crippen LogP) is 2.77. The highest BCUT2D eigenvalue weighted by molar-refractivity contribution is 6.30. The number of amides is 2. The first-order chi connectivity index (χ1) is 17.9. The Kier molecular flexibility index (Phi) is 9.12. The highest BCUT2D eigenvalue weighted by Gasteiger charge is 2.39. The molecular formula is C23H22ClF4N5O5. The lowest BCUT2D eigenvalue weighted by Gasteiger charge is -2.19. The molecule has 0 aliphatic rings. The van der Waals surface area contributed by atoms with Crippen LogP contribution < -0.4 is 16.7 Å². The maximum atomic E-state index is 14.4. The number of halogens is 5. The summed E-state index contributed by atoms with van der Waals surface area (Å²) in [6.45, 7) is -2.19. The van der Waals surface area contributed by atoms with E-state index in [1.807, 2.05) is 0 Å². The first-order valence-electron chi connectivity index (χ1n) is 11.0. The number of aliphatic hydroxyl groups is 1. The first kappa shape index (κ1) is 28.7. The molecule has 1 aromatic heterocycles. The van der Waals surface area contributed by atoms with Gasteiger partial charge in [0.05, 0.1) is 19.2 Å². The van der Waals surface area contributed by atoms with E-state index in [9.17, 15) is 37.1 Å². The zero-order valence-corrected chi connectivity index (χ0v) is 20.2. The van der Waals surface area contributed by atoms with Crippen LogP contribution in [0.5, 0.6) is 0 Å². The van der Waals surface area contributed by atoms with Crippen molar-refractivity contribution in [1.82, 2.24) is 19.7 Å². The zero-order valence-electron chi connectivity index (χ0n) is 19.5. The number of nitrogens with one attached hydrogen (secondary N) is 1. The summed E-state index contributed by atoms with van der Waals surface area (Å²) in [6.07, 6.45) is -9.05. The lowest BCUT2D eigenvalue weighted by molar-refractivity contribution is -0.207. The number of hydrogen-bond donors (Lipinski definition) is 3. The third-order valence-corrected chi connectivity index (χ3v) is 5.57. The third kappa shape index (κ3) is 7.32. The molecule has 38 heavy (non-hydrogen) atoms. The molecule has 204 valence electrons. The van der Waals surface area contributed by atoms with Gasteiger partial charge in [-0.1, -0.05) is 29.8 Å². The predicted molar refractivity (Wildman–Crippen MR) is 126 cm³/mol. The van der Waals surface area contributed by atoms with Crippen molar-refractivity contribution in [2.75, 3.05) is 6.61 Å². The molecule has 0 radical (unpaired) electrons. The molecule has 3 rings (SSSR count). The molecule has 1 unspecified atom stereocenters. The SMILES string of the molecule is NC(=O)OCCC(NC(=O)Cn1nc(-c2ccc(Cl)cc2)n(C[C@H](O)C(F)(F)F)c1=O)c1ccccc1F. The van der Waals surface area contributed by atoms with Crippen molar-refractivity contribution in [3.8, 4) is 11.4 Å². The second kappa shape index (κ2) is 12.1. The number of primary amides is 1. The second-order valence-corrected chi connectivity index (χ2v) is 8.47. The zero-order chi connectivity index (χ0) is 28.0. The van der Waals surface area contributed by atoms with Gasteiger partial charge in [0.25, 0.3) is 0 Å². The Bertz CT molecular complexity index is 1340. The normalized spacial score (nSPS) is 13.1. The van der Waals surface area contributed by atoms with Crippen LogP contribution in [0.25, 0.3) is 11.4 Å². The molecule has 0 aliphatic carbocycles. The van der Waals surface area contributed by atoms with Crippen molar-refractivity contribution in [3.63, 3.8) is 0 Å². The van der Waals surface area contributed by atoms with E-state index in [4.69, 9.17) is 17.3 Å². The van der Waals surface area contributed by atoms with Crippen LogP contribution in [0.4, 0.5) is 22.4 Å². The maximum absolute atomic E-state index is 14.4. The summed E-state index contributed by atoms with van der Waals surface area (Å²) in [6, 6.07) is 10.1. The van der Waals surface area contributed by atoms with Gasteiger partial charge < -0.3 is 20.9 Å². The van der Waals surface area contributed by atoms with Crippen LogP contribution in [0, 0.1) is 5.82 Å². The maximum Gasteiger partial charge on any atom is 0.416 e. The molecule has 0 fully saturated rings. The minimum absolute atomic E-state index is 0.0574. The van der Waals surface area contributed by atoms with Gasteiger partial charge in [0, 0.05) is 22.6 Å². The summed E-state index contributed by atoms with van der Waals surface area (Å²) in [5.41, 5.74) is 4.09. The summed E-state index contributed by atoms with van der Waals surface area (Å²) in [7, 11) is 0. The molecule has 0 bridgehead atoms. The number of carbonyl (C=O) groups is 2. The van der Waals surface area contributed by atoms with Gasteiger partial charge in [0.1, 0.15) is 12.4 Å². The van der Waals surface area contributed by atoms with E-state index in [-0.39, 0.29) is 30.0 Å². The molecule has 2 atom stereocenters. The van der Waals surface area contributed by atoms with E-state index in [0.29, 0.717) is 14.3 Å². The topological polar surface area (TPSA) is 141 Å². The molecule has 4 N–H and O–H groups in total. The highest BCUT2D eigenvalue weighted by atomic mass is 35.5. The van der Waals surface area contributed by atoms with E-state index in [2.05, 4.69) is 15.2 Å². The summed E-state index contributed by atoms with van der Waals surface area (Å²) in [5, 5.41) is 16.4. The average Bonchev–Trinajstić information content (AvgIpc) is 3.13. The molecule has 10 nitrogen and oxygen atoms in total. The van der Waals surface area contributed by atoms with Crippen molar-refractivity contribution < 1.29 is 37.0 Å². The van der Waals surface area contributed by atoms with E-state index in [0.717, 1.165) is 6.07 Å². The third-order valence-electron chi connectivity index (χ3n) is 5.32. The van der Waals surface area contributed by atoms with Crippen LogP contribution in [0.1, 0.15) is 18.0 Å². The monoisotopic (exact) mass is 559 g/mol. The Labute approximate surface area is 217 Å². The molecule has 1 heterocycles. The Morgan fingerprint density at radius 3 is 2.42 bits per heavy atom. The van der Waals surface area contributed by atoms with Crippen LogP contribution in [0.15, 0.2) is 53.3 Å². The Morgan fingerprint density at radius 2 is 1.82 bits per heavy atom. The number of benzene rings is 2. The van der Waals surface area contributed by atoms with Gasteiger partial charge in [0.15, 0.2) is 11.9 Å². The number of hydrogen-bond acceptors (Lipinski definition) is 6. The summed E-state index contributed by atoms with van der Waals surface area (Å²) in [5.74, 6) is -1.75. The van der Waals surface area contributed by atoms with E-state index >= 15 is 0 Å². The standard InChI is InChI=1S/C23H22ClF4N5O5/c24-14-7-5-13(6-8-14)20-31-33(22(37)32(20)11-18(34)23(26,27)28)12-19(35)30-17(9-10-38-21(29)36)15-3-1-2-4-16(15)25/h1-8,17-18,34H,9-12H2,(H2,29,36)(H,30,35)/t17?,18-/m0/s1. The van der Waals surface area contributed by atoms with Gasteiger partial charge >= 0.3 is 18.0 Å². The average molecular weight is 560 g/mol.